The Hall–Kier alpha value is -4.86. The van der Waals surface area contributed by atoms with E-state index in [0.717, 1.165) is 69.9 Å². The van der Waals surface area contributed by atoms with Crippen LogP contribution >= 0.6 is 0 Å². The zero-order valence-electron chi connectivity index (χ0n) is 26.0. The molecule has 5 aromatic rings. The van der Waals surface area contributed by atoms with Gasteiger partial charge in [-0.2, -0.15) is 0 Å². The zero-order valence-corrected chi connectivity index (χ0v) is 26.0. The van der Waals surface area contributed by atoms with Crippen LogP contribution in [0.4, 0.5) is 11.5 Å². The molecule has 0 unspecified atom stereocenters. The lowest BCUT2D eigenvalue weighted by molar-refractivity contribution is 0.254. The molecule has 0 atom stereocenters. The van der Waals surface area contributed by atoms with Crippen LogP contribution < -0.4 is 5.32 Å². The van der Waals surface area contributed by atoms with Crippen LogP contribution in [0.2, 0.25) is 0 Å². The summed E-state index contributed by atoms with van der Waals surface area (Å²) in [7, 11) is 1.87. The van der Waals surface area contributed by atoms with E-state index < -0.39 is 0 Å². The van der Waals surface area contributed by atoms with E-state index in [4.69, 9.17) is 14.8 Å². The zero-order chi connectivity index (χ0) is 31.3. The number of fused-ring (bicyclic) bond motifs is 1. The number of oxazole rings is 1. The number of benzene rings is 2. The Bertz CT molecular complexity index is 1860. The monoisotopic (exact) mass is 601 g/mol. The molecule has 9 nitrogen and oxygen atoms in total. The molecule has 0 saturated carbocycles. The molecule has 0 spiro atoms. The molecule has 0 aliphatic carbocycles. The third kappa shape index (κ3) is 6.50. The summed E-state index contributed by atoms with van der Waals surface area (Å²) in [4.78, 5) is 18.4. The molecule has 45 heavy (non-hydrogen) atoms. The van der Waals surface area contributed by atoms with E-state index in [2.05, 4.69) is 58.3 Å². The number of aromatic nitrogens is 3. The summed E-state index contributed by atoms with van der Waals surface area (Å²) in [6.07, 6.45) is 11.1. The first-order valence-corrected chi connectivity index (χ1v) is 15.4. The molecule has 230 valence electrons. The van der Waals surface area contributed by atoms with E-state index in [-0.39, 0.29) is 6.61 Å². The van der Waals surface area contributed by atoms with E-state index in [1.807, 2.05) is 54.8 Å². The van der Waals surface area contributed by atoms with Crippen molar-refractivity contribution in [3.8, 4) is 22.6 Å². The number of hydrogen-bond donors (Lipinski definition) is 3. The third-order valence-corrected chi connectivity index (χ3v) is 8.45. The fourth-order valence-corrected chi connectivity index (χ4v) is 5.94. The van der Waals surface area contributed by atoms with E-state index in [1.54, 1.807) is 6.08 Å². The van der Waals surface area contributed by atoms with Gasteiger partial charge >= 0.3 is 0 Å². The van der Waals surface area contributed by atoms with Crippen molar-refractivity contribution >= 4 is 34.7 Å². The van der Waals surface area contributed by atoms with Gasteiger partial charge in [-0.05, 0) is 97.9 Å². The fourth-order valence-electron chi connectivity index (χ4n) is 5.94. The molecular formula is C36H39N7O2. The number of aliphatic hydroxyl groups excluding tert-OH is 1. The lowest BCUT2D eigenvalue weighted by Gasteiger charge is -2.17. The highest BCUT2D eigenvalue weighted by atomic mass is 16.4. The molecule has 1 aliphatic rings. The molecule has 0 amide bonds. The SMILES string of the molecule is Cc1c(Nc2nccc3cc(CN4CCCC4)cnc23)cccc1-c1cccc(-c2nc(C=N)c(/C=C\N(C)CCO)o2)c1C. The molecule has 3 aromatic heterocycles. The molecule has 1 aliphatic heterocycles. The number of hydrogen-bond acceptors (Lipinski definition) is 9. The number of rotatable bonds is 11. The van der Waals surface area contributed by atoms with Crippen molar-refractivity contribution < 1.29 is 9.52 Å². The Morgan fingerprint density at radius 1 is 1.02 bits per heavy atom. The summed E-state index contributed by atoms with van der Waals surface area (Å²) in [6, 6.07) is 16.6. The maximum absolute atomic E-state index is 9.18. The molecule has 2 aromatic carbocycles. The van der Waals surface area contributed by atoms with Crippen molar-refractivity contribution in [1.82, 2.24) is 24.8 Å². The summed E-state index contributed by atoms with van der Waals surface area (Å²) in [5.41, 5.74) is 8.62. The average molecular weight is 602 g/mol. The first-order valence-electron chi connectivity index (χ1n) is 15.4. The Morgan fingerprint density at radius 3 is 2.56 bits per heavy atom. The first-order chi connectivity index (χ1) is 21.9. The molecule has 0 radical (unpaired) electrons. The minimum Gasteiger partial charge on any atom is -0.436 e. The molecule has 4 heterocycles. The van der Waals surface area contributed by atoms with Gasteiger partial charge in [0.2, 0.25) is 5.89 Å². The number of likely N-dealkylation sites (N-methyl/N-ethyl adjacent to an activating group) is 1. The maximum Gasteiger partial charge on any atom is 0.227 e. The van der Waals surface area contributed by atoms with Gasteiger partial charge < -0.3 is 25.1 Å². The van der Waals surface area contributed by atoms with Gasteiger partial charge in [0.1, 0.15) is 11.2 Å². The van der Waals surface area contributed by atoms with Gasteiger partial charge in [0.15, 0.2) is 11.6 Å². The molecule has 6 rings (SSSR count). The summed E-state index contributed by atoms with van der Waals surface area (Å²) in [5, 5.41) is 21.7. The highest BCUT2D eigenvalue weighted by Gasteiger charge is 2.18. The minimum atomic E-state index is 0.0528. The van der Waals surface area contributed by atoms with E-state index in [1.165, 1.54) is 24.6 Å². The molecule has 1 saturated heterocycles. The predicted octanol–water partition coefficient (Wildman–Crippen LogP) is 6.80. The van der Waals surface area contributed by atoms with Gasteiger partial charge in [-0.1, -0.05) is 24.3 Å². The lowest BCUT2D eigenvalue weighted by Crippen LogP contribution is -2.18. The van der Waals surface area contributed by atoms with Crippen molar-refractivity contribution in [3.63, 3.8) is 0 Å². The number of likely N-dealkylation sites (tertiary alicyclic amines) is 1. The predicted molar refractivity (Wildman–Crippen MR) is 181 cm³/mol. The van der Waals surface area contributed by atoms with Crippen molar-refractivity contribution in [3.05, 3.63) is 95.3 Å². The van der Waals surface area contributed by atoms with Crippen LogP contribution in [0, 0.1) is 19.3 Å². The minimum absolute atomic E-state index is 0.0528. The molecule has 9 heteroatoms. The number of aliphatic hydroxyl groups is 1. The Kier molecular flexibility index (Phi) is 9.00. The van der Waals surface area contributed by atoms with Gasteiger partial charge in [0.05, 0.1) is 6.61 Å². The van der Waals surface area contributed by atoms with E-state index in [9.17, 15) is 5.11 Å². The highest BCUT2D eigenvalue weighted by molar-refractivity contribution is 5.91. The van der Waals surface area contributed by atoms with Gasteiger partial charge in [-0.15, -0.1) is 0 Å². The summed E-state index contributed by atoms with van der Waals surface area (Å²) < 4.78 is 6.14. The van der Waals surface area contributed by atoms with Crippen LogP contribution in [0.15, 0.2) is 71.5 Å². The summed E-state index contributed by atoms with van der Waals surface area (Å²) in [6.45, 7) is 7.98. The summed E-state index contributed by atoms with van der Waals surface area (Å²) in [5.74, 6) is 1.69. The Labute approximate surface area is 263 Å². The number of anilines is 2. The number of pyridine rings is 2. The lowest BCUT2D eigenvalue weighted by atomic mass is 9.93. The Morgan fingerprint density at radius 2 is 1.78 bits per heavy atom. The molecule has 1 fully saturated rings. The van der Waals surface area contributed by atoms with Crippen LogP contribution in [0.25, 0.3) is 39.6 Å². The van der Waals surface area contributed by atoms with Crippen LogP contribution in [0.3, 0.4) is 0 Å². The van der Waals surface area contributed by atoms with Crippen molar-refractivity contribution in [2.75, 3.05) is 38.6 Å². The van der Waals surface area contributed by atoms with Crippen LogP contribution in [-0.2, 0) is 6.54 Å². The quantitative estimate of drug-likeness (QED) is 0.142. The normalized spacial score (nSPS) is 13.6. The van der Waals surface area contributed by atoms with Gasteiger partial charge in [0, 0.05) is 61.6 Å². The number of nitrogens with one attached hydrogen (secondary N) is 2. The standard InChI is InChI=1S/C36H39N7O2/c1-24-28(8-6-10-30(24)36-41-32(21-37)33(45-36)13-17-42(3)18-19-44)29-9-7-11-31(25(29)2)40-35-34-27(12-14-38-35)20-26(22-39-34)23-43-15-4-5-16-43/h6-14,17,20-22,37,44H,4-5,15-16,18-19,23H2,1-3H3,(H,38,40)/b17-13-,37-21?. The molecule has 0 bridgehead atoms. The molecular weight excluding hydrogens is 562 g/mol. The van der Waals surface area contributed by atoms with Crippen molar-refractivity contribution in [2.45, 2.75) is 33.2 Å². The van der Waals surface area contributed by atoms with Crippen molar-refractivity contribution in [2.24, 2.45) is 0 Å². The van der Waals surface area contributed by atoms with E-state index in [0.29, 0.717) is 23.9 Å². The van der Waals surface area contributed by atoms with E-state index >= 15 is 0 Å². The maximum atomic E-state index is 9.18. The number of nitrogens with zero attached hydrogens (tertiary/aromatic N) is 5. The molecule has 3 N–H and O–H groups in total. The second kappa shape index (κ2) is 13.4. The summed E-state index contributed by atoms with van der Waals surface area (Å²) >= 11 is 0. The van der Waals surface area contributed by atoms with Crippen molar-refractivity contribution in [1.29, 1.82) is 5.41 Å². The van der Waals surface area contributed by atoms with Gasteiger partial charge in [-0.3, -0.25) is 9.88 Å². The average Bonchev–Trinajstić information content (AvgIpc) is 3.71. The van der Waals surface area contributed by atoms with Gasteiger partial charge in [0.25, 0.3) is 0 Å². The largest absolute Gasteiger partial charge is 0.436 e. The van der Waals surface area contributed by atoms with Gasteiger partial charge in [-0.25, -0.2) is 9.97 Å². The first kappa shape index (κ1) is 30.2. The Balaban J connectivity index is 1.29. The second-order valence-electron chi connectivity index (χ2n) is 11.6. The smallest absolute Gasteiger partial charge is 0.227 e. The van der Waals surface area contributed by atoms with Crippen LogP contribution in [-0.4, -0.2) is 69.4 Å². The third-order valence-electron chi connectivity index (χ3n) is 8.45. The van der Waals surface area contributed by atoms with Crippen LogP contribution in [0.1, 0.15) is 41.0 Å². The second-order valence-corrected chi connectivity index (χ2v) is 11.6. The fraction of sp³-hybridized carbons (Fsp3) is 0.278. The topological polar surface area (TPSA) is 114 Å². The highest BCUT2D eigenvalue weighted by Crippen LogP contribution is 2.37. The van der Waals surface area contributed by atoms with Crippen LogP contribution in [0.5, 0.6) is 0 Å².